The topological polar surface area (TPSA) is 39.7 Å². The van der Waals surface area contributed by atoms with Crippen LogP contribution >= 0.6 is 22.9 Å². The molecule has 1 amide bonds. The first-order chi connectivity index (χ1) is 17.1. The van der Waals surface area contributed by atoms with Gasteiger partial charge in [0.1, 0.15) is 5.82 Å². The molecule has 35 heavy (non-hydrogen) atoms. The number of fused-ring (bicyclic) bond motifs is 1. The van der Waals surface area contributed by atoms with Crippen LogP contribution in [0.25, 0.3) is 10.4 Å². The average molecular weight is 505 g/mol. The highest BCUT2D eigenvalue weighted by atomic mass is 35.5. The molecule has 5 nitrogen and oxygen atoms in total. The fraction of sp³-hybridized carbons (Fsp3) is 0.429. The van der Waals surface area contributed by atoms with E-state index in [0.29, 0.717) is 12.6 Å². The number of halogens is 1. The van der Waals surface area contributed by atoms with Gasteiger partial charge in [0.25, 0.3) is 5.91 Å². The number of carbonyl (C=O) groups excluding carboxylic acids is 1. The predicted octanol–water partition coefficient (Wildman–Crippen LogP) is 5.87. The van der Waals surface area contributed by atoms with Crippen LogP contribution in [-0.4, -0.2) is 53.6 Å². The van der Waals surface area contributed by atoms with E-state index in [2.05, 4.69) is 28.0 Å². The SMILES string of the molecule is O=C1c2sc(-c3ccc(Cl)cc3)cc2CCN1c1ccc(N2CCC(N(C3CC3)C3CC3)C2)nc1. The smallest absolute Gasteiger partial charge is 0.268 e. The Morgan fingerprint density at radius 3 is 2.40 bits per heavy atom. The van der Waals surface area contributed by atoms with E-state index in [1.54, 1.807) is 11.3 Å². The Balaban J connectivity index is 1.05. The summed E-state index contributed by atoms with van der Waals surface area (Å²) in [4.78, 5) is 27.3. The van der Waals surface area contributed by atoms with Gasteiger partial charge in [-0.1, -0.05) is 23.7 Å². The molecule has 0 bridgehead atoms. The monoisotopic (exact) mass is 504 g/mol. The van der Waals surface area contributed by atoms with Crippen molar-refractivity contribution in [3.8, 4) is 10.4 Å². The number of nitrogens with zero attached hydrogens (tertiary/aromatic N) is 4. The van der Waals surface area contributed by atoms with Crippen LogP contribution in [0.2, 0.25) is 5.02 Å². The first-order valence-electron chi connectivity index (χ1n) is 12.8. The maximum absolute atomic E-state index is 13.4. The van der Waals surface area contributed by atoms with E-state index in [0.717, 1.165) is 69.0 Å². The van der Waals surface area contributed by atoms with Crippen LogP contribution in [-0.2, 0) is 6.42 Å². The minimum atomic E-state index is 0.0803. The second kappa shape index (κ2) is 8.61. The molecular weight excluding hydrogens is 476 g/mol. The van der Waals surface area contributed by atoms with Crippen molar-refractivity contribution in [1.29, 1.82) is 0 Å². The lowest BCUT2D eigenvalue weighted by Gasteiger charge is -2.29. The van der Waals surface area contributed by atoms with Crippen molar-refractivity contribution < 1.29 is 4.79 Å². The highest BCUT2D eigenvalue weighted by Crippen LogP contribution is 2.41. The fourth-order valence-electron chi connectivity index (χ4n) is 5.81. The number of aromatic nitrogens is 1. The van der Waals surface area contributed by atoms with Crippen LogP contribution in [0.5, 0.6) is 0 Å². The fourth-order valence-corrected chi connectivity index (χ4v) is 7.10. The lowest BCUT2D eigenvalue weighted by molar-refractivity contribution is 0.0985. The molecule has 3 aromatic rings. The molecule has 1 atom stereocenters. The van der Waals surface area contributed by atoms with Gasteiger partial charge in [-0.25, -0.2) is 4.98 Å². The summed E-state index contributed by atoms with van der Waals surface area (Å²) >= 11 is 7.62. The molecule has 4 heterocycles. The van der Waals surface area contributed by atoms with E-state index in [1.807, 2.05) is 35.4 Å². The standard InChI is InChI=1S/C28H29ClN4OS/c29-20-3-1-18(2-4-20)25-15-19-11-14-32(28(34)27(19)35-25)23-9-10-26(30-16-23)31-13-12-24(17-31)33(21-5-6-21)22-7-8-22/h1-4,9-10,15-16,21-22,24H,5-8,11-14,17H2. The molecule has 1 unspecified atom stereocenters. The minimum absolute atomic E-state index is 0.0803. The molecule has 1 aromatic carbocycles. The summed E-state index contributed by atoms with van der Waals surface area (Å²) in [5.74, 6) is 1.12. The van der Waals surface area contributed by atoms with Crippen LogP contribution in [0.4, 0.5) is 11.5 Å². The van der Waals surface area contributed by atoms with E-state index in [1.165, 1.54) is 32.1 Å². The van der Waals surface area contributed by atoms with Gasteiger partial charge in [0.15, 0.2) is 0 Å². The van der Waals surface area contributed by atoms with Gasteiger partial charge < -0.3 is 9.80 Å². The summed E-state index contributed by atoms with van der Waals surface area (Å²) in [7, 11) is 0. The number of thiophene rings is 1. The summed E-state index contributed by atoms with van der Waals surface area (Å²) in [5.41, 5.74) is 3.13. The van der Waals surface area contributed by atoms with Gasteiger partial charge in [-0.15, -0.1) is 11.3 Å². The Hall–Kier alpha value is -2.41. The number of amides is 1. The number of benzene rings is 1. The van der Waals surface area contributed by atoms with E-state index in [-0.39, 0.29) is 5.91 Å². The molecule has 2 aliphatic carbocycles. The Kier molecular flexibility index (Phi) is 5.37. The molecule has 7 heteroatoms. The van der Waals surface area contributed by atoms with Gasteiger partial charge in [-0.3, -0.25) is 9.69 Å². The Morgan fingerprint density at radius 1 is 0.943 bits per heavy atom. The summed E-state index contributed by atoms with van der Waals surface area (Å²) in [5, 5.41) is 0.723. The largest absolute Gasteiger partial charge is 0.355 e. The Bertz CT molecular complexity index is 1240. The summed E-state index contributed by atoms with van der Waals surface area (Å²) in [6.07, 6.45) is 9.53. The van der Waals surface area contributed by atoms with E-state index >= 15 is 0 Å². The van der Waals surface area contributed by atoms with Crippen LogP contribution in [0.1, 0.15) is 47.3 Å². The molecule has 7 rings (SSSR count). The van der Waals surface area contributed by atoms with Gasteiger partial charge in [-0.05, 0) is 80.0 Å². The van der Waals surface area contributed by atoms with Crippen molar-refractivity contribution in [2.75, 3.05) is 29.4 Å². The zero-order valence-electron chi connectivity index (χ0n) is 19.7. The minimum Gasteiger partial charge on any atom is -0.355 e. The van der Waals surface area contributed by atoms with Gasteiger partial charge in [-0.2, -0.15) is 0 Å². The first-order valence-corrected chi connectivity index (χ1v) is 14.0. The Morgan fingerprint density at radius 2 is 1.71 bits per heavy atom. The van der Waals surface area contributed by atoms with Crippen molar-refractivity contribution in [1.82, 2.24) is 9.88 Å². The lowest BCUT2D eigenvalue weighted by Crippen LogP contribution is -2.41. The number of carbonyl (C=O) groups is 1. The van der Waals surface area contributed by atoms with Crippen molar-refractivity contribution in [2.45, 2.75) is 56.7 Å². The maximum atomic E-state index is 13.4. The number of pyridine rings is 1. The number of hydrogen-bond acceptors (Lipinski definition) is 5. The predicted molar refractivity (Wildman–Crippen MR) is 143 cm³/mol. The highest BCUT2D eigenvalue weighted by molar-refractivity contribution is 7.17. The maximum Gasteiger partial charge on any atom is 0.268 e. The molecule has 2 saturated carbocycles. The molecule has 3 fully saturated rings. The van der Waals surface area contributed by atoms with Crippen LogP contribution in [0.15, 0.2) is 48.7 Å². The summed E-state index contributed by atoms with van der Waals surface area (Å²) in [6, 6.07) is 16.5. The molecular formula is C28H29ClN4OS. The van der Waals surface area contributed by atoms with Crippen LogP contribution < -0.4 is 9.80 Å². The van der Waals surface area contributed by atoms with Gasteiger partial charge in [0.2, 0.25) is 0 Å². The van der Waals surface area contributed by atoms with Gasteiger partial charge in [0, 0.05) is 47.7 Å². The van der Waals surface area contributed by atoms with Crippen LogP contribution in [0, 0.1) is 0 Å². The summed E-state index contributed by atoms with van der Waals surface area (Å²) in [6.45, 7) is 2.84. The van der Waals surface area contributed by atoms with Gasteiger partial charge in [0.05, 0.1) is 16.8 Å². The molecule has 4 aliphatic rings. The van der Waals surface area contributed by atoms with Gasteiger partial charge >= 0.3 is 0 Å². The van der Waals surface area contributed by atoms with E-state index in [9.17, 15) is 4.79 Å². The number of hydrogen-bond donors (Lipinski definition) is 0. The molecule has 0 radical (unpaired) electrons. The first kappa shape index (κ1) is 21.8. The normalized spacial score (nSPS) is 22.2. The average Bonchev–Trinajstić information content (AvgIpc) is 3.80. The number of anilines is 2. The third-order valence-corrected chi connectivity index (χ3v) is 9.34. The molecule has 0 N–H and O–H groups in total. The summed E-state index contributed by atoms with van der Waals surface area (Å²) < 4.78 is 0. The van der Waals surface area contributed by atoms with E-state index in [4.69, 9.17) is 16.6 Å². The lowest BCUT2D eigenvalue weighted by atomic mass is 10.1. The van der Waals surface area contributed by atoms with Crippen molar-refractivity contribution >= 4 is 40.4 Å². The van der Waals surface area contributed by atoms with Crippen molar-refractivity contribution in [3.63, 3.8) is 0 Å². The molecule has 2 aromatic heterocycles. The zero-order chi connectivity index (χ0) is 23.5. The quantitative estimate of drug-likeness (QED) is 0.421. The van der Waals surface area contributed by atoms with Crippen LogP contribution in [0.3, 0.4) is 0 Å². The highest BCUT2D eigenvalue weighted by Gasteiger charge is 2.44. The molecule has 1 saturated heterocycles. The molecule has 2 aliphatic heterocycles. The van der Waals surface area contributed by atoms with E-state index < -0.39 is 0 Å². The second-order valence-electron chi connectivity index (χ2n) is 10.4. The second-order valence-corrected chi connectivity index (χ2v) is 11.8. The number of rotatable bonds is 6. The molecule has 0 spiro atoms. The third kappa shape index (κ3) is 4.15. The third-order valence-electron chi connectivity index (χ3n) is 7.87. The Labute approximate surface area is 215 Å². The van der Waals surface area contributed by atoms with Crippen molar-refractivity contribution in [3.05, 3.63) is 64.1 Å². The van der Waals surface area contributed by atoms with Crippen molar-refractivity contribution in [2.24, 2.45) is 0 Å². The zero-order valence-corrected chi connectivity index (χ0v) is 21.3. The molecule has 180 valence electrons.